The third-order valence-electron chi connectivity index (χ3n) is 6.96. The zero-order chi connectivity index (χ0) is 24.4. The highest BCUT2D eigenvalue weighted by molar-refractivity contribution is 14.1. The van der Waals surface area contributed by atoms with Crippen LogP contribution in [0.1, 0.15) is 28.2 Å². The van der Waals surface area contributed by atoms with Crippen LogP contribution in [-0.2, 0) is 11.3 Å². The standard InChI is InChI=1S/C27H26IN5O2/c1-18-19(14-20(30-31-29)15-26(18)28)16-32-10-12-33(13-11-32)27(34)35-17-25-23-8-4-2-6-21(23)22-7-3-5-9-24(22)25/h2-9,14-15,25H,10-13,16-17H2,1H3. The predicted molar refractivity (Wildman–Crippen MR) is 145 cm³/mol. The number of hydrogen-bond acceptors (Lipinski definition) is 4. The van der Waals surface area contributed by atoms with Crippen molar-refractivity contribution in [2.75, 3.05) is 32.8 Å². The van der Waals surface area contributed by atoms with Gasteiger partial charge in [0.2, 0.25) is 0 Å². The fourth-order valence-electron chi connectivity index (χ4n) is 5.01. The van der Waals surface area contributed by atoms with Crippen molar-refractivity contribution in [3.05, 3.63) is 96.9 Å². The molecule has 8 heteroatoms. The second kappa shape index (κ2) is 10.3. The van der Waals surface area contributed by atoms with Crippen molar-refractivity contribution in [1.82, 2.24) is 9.80 Å². The normalized spacial score (nSPS) is 15.3. The average molecular weight is 579 g/mol. The molecule has 1 amide bonds. The maximum atomic E-state index is 12.9. The van der Waals surface area contributed by atoms with E-state index in [1.807, 2.05) is 24.3 Å². The van der Waals surface area contributed by atoms with Crippen molar-refractivity contribution < 1.29 is 9.53 Å². The second-order valence-electron chi connectivity index (χ2n) is 8.97. The molecule has 35 heavy (non-hydrogen) atoms. The number of azide groups is 1. The molecule has 1 fully saturated rings. The summed E-state index contributed by atoms with van der Waals surface area (Å²) < 4.78 is 6.91. The molecule has 0 saturated carbocycles. The SMILES string of the molecule is Cc1c(I)cc(N=[N+]=[N-])cc1CN1CCN(C(=O)OCC2c3ccccc3-c3ccccc32)CC1. The molecule has 3 aromatic carbocycles. The lowest BCUT2D eigenvalue weighted by Crippen LogP contribution is -2.48. The minimum absolute atomic E-state index is 0.0708. The van der Waals surface area contributed by atoms with Crippen LogP contribution in [-0.4, -0.2) is 48.7 Å². The smallest absolute Gasteiger partial charge is 0.409 e. The van der Waals surface area contributed by atoms with Gasteiger partial charge in [0.15, 0.2) is 0 Å². The van der Waals surface area contributed by atoms with Gasteiger partial charge in [-0.25, -0.2) is 4.79 Å². The number of amides is 1. The molecule has 7 nitrogen and oxygen atoms in total. The van der Waals surface area contributed by atoms with E-state index in [4.69, 9.17) is 10.3 Å². The lowest BCUT2D eigenvalue weighted by Gasteiger charge is -2.34. The number of piperazine rings is 1. The molecule has 5 rings (SSSR count). The summed E-state index contributed by atoms with van der Waals surface area (Å²) in [6.07, 6.45) is -0.248. The minimum atomic E-state index is -0.248. The van der Waals surface area contributed by atoms with Gasteiger partial charge in [-0.3, -0.25) is 4.90 Å². The molecule has 178 valence electrons. The van der Waals surface area contributed by atoms with E-state index in [0.717, 1.165) is 28.8 Å². The van der Waals surface area contributed by atoms with Gasteiger partial charge in [-0.15, -0.1) is 0 Å². The lowest BCUT2D eigenvalue weighted by molar-refractivity contribution is 0.0728. The molecule has 0 aromatic heterocycles. The third kappa shape index (κ3) is 4.87. The van der Waals surface area contributed by atoms with Crippen molar-refractivity contribution in [2.24, 2.45) is 5.11 Å². The van der Waals surface area contributed by atoms with Crippen molar-refractivity contribution >= 4 is 34.4 Å². The van der Waals surface area contributed by atoms with Crippen molar-refractivity contribution in [3.63, 3.8) is 0 Å². The number of benzene rings is 3. The van der Waals surface area contributed by atoms with Crippen LogP contribution in [0.2, 0.25) is 0 Å². The van der Waals surface area contributed by atoms with E-state index in [2.05, 4.69) is 80.8 Å². The van der Waals surface area contributed by atoms with E-state index in [1.54, 1.807) is 4.90 Å². The topological polar surface area (TPSA) is 81.5 Å². The summed E-state index contributed by atoms with van der Waals surface area (Å²) in [5.74, 6) is 0.0708. The van der Waals surface area contributed by atoms with Crippen LogP contribution in [0, 0.1) is 10.5 Å². The first-order chi connectivity index (χ1) is 17.0. The number of carbonyl (C=O) groups is 1. The Morgan fingerprint density at radius 2 is 1.69 bits per heavy atom. The predicted octanol–water partition coefficient (Wildman–Crippen LogP) is 6.61. The summed E-state index contributed by atoms with van der Waals surface area (Å²) in [6.45, 7) is 5.99. The Morgan fingerprint density at radius 3 is 2.31 bits per heavy atom. The Morgan fingerprint density at radius 1 is 1.06 bits per heavy atom. The second-order valence-corrected chi connectivity index (χ2v) is 10.1. The van der Waals surface area contributed by atoms with Crippen LogP contribution in [0.5, 0.6) is 0 Å². The summed E-state index contributed by atoms with van der Waals surface area (Å²) in [6, 6.07) is 20.6. The monoisotopic (exact) mass is 579 g/mol. The van der Waals surface area contributed by atoms with Crippen LogP contribution < -0.4 is 0 Å². The summed E-state index contributed by atoms with van der Waals surface area (Å²) in [5, 5.41) is 3.77. The van der Waals surface area contributed by atoms with Gasteiger partial charge in [0.25, 0.3) is 0 Å². The number of nitrogens with zero attached hydrogens (tertiary/aromatic N) is 5. The van der Waals surface area contributed by atoms with Gasteiger partial charge >= 0.3 is 6.09 Å². The van der Waals surface area contributed by atoms with Gasteiger partial charge in [0.1, 0.15) is 6.61 Å². The molecule has 0 radical (unpaired) electrons. The highest BCUT2D eigenvalue weighted by Gasteiger charge is 2.30. The first-order valence-electron chi connectivity index (χ1n) is 11.7. The summed E-state index contributed by atoms with van der Waals surface area (Å²) in [7, 11) is 0. The average Bonchev–Trinajstić information content (AvgIpc) is 3.20. The van der Waals surface area contributed by atoms with E-state index in [1.165, 1.54) is 27.8 Å². The Bertz CT molecular complexity index is 1270. The summed E-state index contributed by atoms with van der Waals surface area (Å²) in [5.41, 5.74) is 16.7. The molecule has 1 aliphatic carbocycles. The lowest BCUT2D eigenvalue weighted by atomic mass is 9.98. The van der Waals surface area contributed by atoms with Gasteiger partial charge in [-0.1, -0.05) is 53.6 Å². The number of halogens is 1. The van der Waals surface area contributed by atoms with Gasteiger partial charge in [0.05, 0.1) is 0 Å². The van der Waals surface area contributed by atoms with E-state index in [-0.39, 0.29) is 12.0 Å². The van der Waals surface area contributed by atoms with Gasteiger partial charge in [0, 0.05) is 52.8 Å². The van der Waals surface area contributed by atoms with Crippen molar-refractivity contribution in [3.8, 4) is 11.1 Å². The van der Waals surface area contributed by atoms with Gasteiger partial charge < -0.3 is 9.64 Å². The Kier molecular flexibility index (Phi) is 6.95. The number of hydrogen-bond donors (Lipinski definition) is 0. The largest absolute Gasteiger partial charge is 0.448 e. The van der Waals surface area contributed by atoms with Gasteiger partial charge in [-0.05, 0) is 80.6 Å². The molecule has 1 saturated heterocycles. The summed E-state index contributed by atoms with van der Waals surface area (Å²) >= 11 is 2.28. The number of rotatable bonds is 5. The van der Waals surface area contributed by atoms with Crippen molar-refractivity contribution in [2.45, 2.75) is 19.4 Å². The highest BCUT2D eigenvalue weighted by atomic mass is 127. The van der Waals surface area contributed by atoms with Crippen LogP contribution >= 0.6 is 22.6 Å². The van der Waals surface area contributed by atoms with Crippen molar-refractivity contribution in [1.29, 1.82) is 0 Å². The molecule has 3 aromatic rings. The van der Waals surface area contributed by atoms with Crippen LogP contribution in [0.25, 0.3) is 21.6 Å². The fraction of sp³-hybridized carbons (Fsp3) is 0.296. The molecule has 0 bridgehead atoms. The molecule has 2 aliphatic rings. The minimum Gasteiger partial charge on any atom is -0.448 e. The Hall–Kier alpha value is -3.07. The van der Waals surface area contributed by atoms with E-state index >= 15 is 0 Å². The third-order valence-corrected chi connectivity index (χ3v) is 8.08. The van der Waals surface area contributed by atoms with E-state index < -0.39 is 0 Å². The summed E-state index contributed by atoms with van der Waals surface area (Å²) in [4.78, 5) is 19.9. The molecule has 0 unspecified atom stereocenters. The molecular formula is C27H26IN5O2. The molecule has 0 N–H and O–H groups in total. The maximum Gasteiger partial charge on any atom is 0.409 e. The number of carbonyl (C=O) groups excluding carboxylic acids is 1. The zero-order valence-corrected chi connectivity index (χ0v) is 21.7. The molecular weight excluding hydrogens is 553 g/mol. The van der Waals surface area contributed by atoms with Gasteiger partial charge in [-0.2, -0.15) is 0 Å². The Balaban J connectivity index is 1.18. The van der Waals surface area contributed by atoms with Crippen LogP contribution in [0.15, 0.2) is 65.8 Å². The van der Waals surface area contributed by atoms with E-state index in [9.17, 15) is 4.79 Å². The first kappa shape index (κ1) is 23.7. The first-order valence-corrected chi connectivity index (χ1v) is 12.8. The Labute approximate surface area is 218 Å². The zero-order valence-electron chi connectivity index (χ0n) is 19.5. The van der Waals surface area contributed by atoms with Crippen LogP contribution in [0.4, 0.5) is 10.5 Å². The fourth-order valence-corrected chi connectivity index (χ4v) is 5.67. The maximum absolute atomic E-state index is 12.9. The quantitative estimate of drug-likeness (QED) is 0.148. The molecule has 0 spiro atoms. The van der Waals surface area contributed by atoms with Crippen LogP contribution in [0.3, 0.4) is 0 Å². The molecule has 0 atom stereocenters. The molecule has 1 heterocycles. The molecule has 1 aliphatic heterocycles. The number of fused-ring (bicyclic) bond motifs is 3. The number of ether oxygens (including phenoxy) is 1. The van der Waals surface area contributed by atoms with E-state index in [0.29, 0.717) is 25.4 Å². The highest BCUT2D eigenvalue weighted by Crippen LogP contribution is 2.44.